The van der Waals surface area contributed by atoms with Gasteiger partial charge in [0.1, 0.15) is 6.17 Å². The summed E-state index contributed by atoms with van der Waals surface area (Å²) in [7, 11) is 0. The standard InChI is InChI=1S/C8H7BrF7N/c9-4-2-1-3(10)5(4)17-6(2,7(11,12)13)8(14,15)16/h2-5,17H,1H2/t2-,3-,4+,5-/m1/s1. The maximum Gasteiger partial charge on any atom is 0.415 e. The van der Waals surface area contributed by atoms with Crippen molar-refractivity contribution in [1.29, 1.82) is 0 Å². The molecule has 1 nitrogen and oxygen atoms in total. The van der Waals surface area contributed by atoms with Gasteiger partial charge in [0.05, 0.1) is 6.04 Å². The second kappa shape index (κ2) is 3.49. The summed E-state index contributed by atoms with van der Waals surface area (Å²) in [6.07, 6.45) is -13.4. The Bertz CT molecular complexity index is 311. The average Bonchev–Trinajstić information content (AvgIpc) is 2.53. The Labute approximate surface area is 99.9 Å². The number of rotatable bonds is 0. The van der Waals surface area contributed by atoms with Gasteiger partial charge in [-0.3, -0.25) is 5.32 Å². The number of piperidine rings is 1. The van der Waals surface area contributed by atoms with Crippen molar-refractivity contribution in [2.45, 2.75) is 41.4 Å². The summed E-state index contributed by atoms with van der Waals surface area (Å²) in [5.41, 5.74) is -4.00. The van der Waals surface area contributed by atoms with Gasteiger partial charge in [-0.15, -0.1) is 0 Å². The van der Waals surface area contributed by atoms with Crippen molar-refractivity contribution in [1.82, 2.24) is 5.32 Å². The van der Waals surface area contributed by atoms with Gasteiger partial charge in [0.25, 0.3) is 0 Å². The Morgan fingerprint density at radius 3 is 1.76 bits per heavy atom. The first-order valence-electron chi connectivity index (χ1n) is 4.71. The van der Waals surface area contributed by atoms with Crippen LogP contribution in [0.25, 0.3) is 0 Å². The molecule has 0 aromatic rings. The number of halogens is 8. The number of hydrogen-bond donors (Lipinski definition) is 1. The summed E-state index contributed by atoms with van der Waals surface area (Å²) in [4.78, 5) is -1.17. The Hall–Kier alpha value is -0.0500. The zero-order valence-electron chi connectivity index (χ0n) is 8.04. The van der Waals surface area contributed by atoms with Crippen LogP contribution in [0.15, 0.2) is 0 Å². The largest absolute Gasteiger partial charge is 0.415 e. The van der Waals surface area contributed by atoms with Crippen LogP contribution in [0.5, 0.6) is 0 Å². The van der Waals surface area contributed by atoms with E-state index in [0.29, 0.717) is 0 Å². The zero-order chi connectivity index (χ0) is 13.2. The molecule has 0 aromatic carbocycles. The molecule has 1 N–H and O–H groups in total. The third-order valence-electron chi connectivity index (χ3n) is 3.44. The lowest BCUT2D eigenvalue weighted by atomic mass is 9.82. The van der Waals surface area contributed by atoms with E-state index in [2.05, 4.69) is 15.9 Å². The van der Waals surface area contributed by atoms with E-state index in [-0.39, 0.29) is 0 Å². The van der Waals surface area contributed by atoms with E-state index >= 15 is 0 Å². The van der Waals surface area contributed by atoms with Crippen molar-refractivity contribution in [3.63, 3.8) is 0 Å². The third-order valence-corrected chi connectivity index (χ3v) is 4.65. The van der Waals surface area contributed by atoms with Gasteiger partial charge in [0, 0.05) is 10.7 Å². The fourth-order valence-corrected chi connectivity index (χ4v) is 3.75. The minimum atomic E-state index is -5.50. The van der Waals surface area contributed by atoms with Crippen LogP contribution < -0.4 is 5.32 Å². The molecular formula is C8H7BrF7N. The molecule has 0 spiro atoms. The zero-order valence-corrected chi connectivity index (χ0v) is 9.63. The minimum absolute atomic E-state index is 0.743. The maximum atomic E-state index is 13.2. The van der Waals surface area contributed by atoms with Crippen LogP contribution in [-0.2, 0) is 0 Å². The molecule has 2 rings (SSSR count). The molecule has 17 heavy (non-hydrogen) atoms. The first kappa shape index (κ1) is 13.4. The number of alkyl halides is 8. The predicted octanol–water partition coefficient (Wildman–Crippen LogP) is 2.94. The van der Waals surface area contributed by atoms with Crippen molar-refractivity contribution >= 4 is 15.9 Å². The van der Waals surface area contributed by atoms with Crippen LogP contribution in [0.2, 0.25) is 0 Å². The number of hydrogen-bond acceptors (Lipinski definition) is 1. The van der Waals surface area contributed by atoms with Gasteiger partial charge in [-0.25, -0.2) is 4.39 Å². The lowest BCUT2D eigenvalue weighted by molar-refractivity contribution is -0.319. The average molecular weight is 330 g/mol. The molecule has 2 aliphatic rings. The minimum Gasteiger partial charge on any atom is -0.289 e. The molecule has 9 heteroatoms. The highest BCUT2D eigenvalue weighted by Crippen LogP contribution is 2.59. The molecule has 2 fully saturated rings. The number of nitrogens with one attached hydrogen (secondary N) is 1. The van der Waals surface area contributed by atoms with Crippen molar-refractivity contribution in [3.8, 4) is 0 Å². The second-order valence-electron chi connectivity index (χ2n) is 4.28. The van der Waals surface area contributed by atoms with Gasteiger partial charge in [-0.2, -0.15) is 26.3 Å². The van der Waals surface area contributed by atoms with Crippen molar-refractivity contribution in [3.05, 3.63) is 0 Å². The van der Waals surface area contributed by atoms with E-state index in [1.54, 1.807) is 0 Å². The Balaban J connectivity index is 2.48. The first-order chi connectivity index (χ1) is 7.52. The van der Waals surface area contributed by atoms with Crippen LogP contribution in [0.3, 0.4) is 0 Å². The monoisotopic (exact) mass is 329 g/mol. The summed E-state index contributed by atoms with van der Waals surface area (Å²) in [5.74, 6) is -1.87. The summed E-state index contributed by atoms with van der Waals surface area (Å²) in [6.45, 7) is 0. The van der Waals surface area contributed by atoms with Gasteiger partial charge in [0.15, 0.2) is 0 Å². The molecule has 1 aliphatic heterocycles. The highest BCUT2D eigenvalue weighted by atomic mass is 79.9. The van der Waals surface area contributed by atoms with Crippen molar-refractivity contribution in [2.75, 3.05) is 0 Å². The predicted molar refractivity (Wildman–Crippen MR) is 47.5 cm³/mol. The van der Waals surface area contributed by atoms with Crippen LogP contribution in [0.1, 0.15) is 6.42 Å². The van der Waals surface area contributed by atoms with Crippen molar-refractivity contribution < 1.29 is 30.7 Å². The molecule has 4 atom stereocenters. The molecule has 0 unspecified atom stereocenters. The fourth-order valence-electron chi connectivity index (χ4n) is 2.67. The third kappa shape index (κ3) is 1.54. The molecule has 1 saturated heterocycles. The summed E-state index contributed by atoms with van der Waals surface area (Å²) >= 11 is 2.73. The Morgan fingerprint density at radius 1 is 1.06 bits per heavy atom. The smallest absolute Gasteiger partial charge is 0.289 e. The van der Waals surface area contributed by atoms with Gasteiger partial charge in [-0.1, -0.05) is 15.9 Å². The lowest BCUT2D eigenvalue weighted by Gasteiger charge is -2.41. The molecule has 2 bridgehead atoms. The van der Waals surface area contributed by atoms with E-state index in [1.165, 1.54) is 5.32 Å². The van der Waals surface area contributed by atoms with Crippen LogP contribution >= 0.6 is 15.9 Å². The van der Waals surface area contributed by atoms with Crippen LogP contribution in [0.4, 0.5) is 30.7 Å². The highest BCUT2D eigenvalue weighted by Gasteiger charge is 2.81. The van der Waals surface area contributed by atoms with Crippen LogP contribution in [-0.4, -0.2) is 34.9 Å². The quantitative estimate of drug-likeness (QED) is 0.532. The summed E-state index contributed by atoms with van der Waals surface area (Å²) in [5, 5.41) is 1.41. The molecular weight excluding hydrogens is 323 g/mol. The van der Waals surface area contributed by atoms with E-state index < -0.39 is 47.3 Å². The topological polar surface area (TPSA) is 12.0 Å². The summed E-state index contributed by atoms with van der Waals surface area (Å²) in [6, 6.07) is -1.46. The fraction of sp³-hybridized carbons (Fsp3) is 1.00. The lowest BCUT2D eigenvalue weighted by Crippen LogP contribution is -2.70. The van der Waals surface area contributed by atoms with Gasteiger partial charge in [-0.05, 0) is 6.42 Å². The van der Waals surface area contributed by atoms with E-state index in [1.807, 2.05) is 0 Å². The van der Waals surface area contributed by atoms with Gasteiger partial charge >= 0.3 is 12.4 Å². The molecule has 0 aromatic heterocycles. The summed E-state index contributed by atoms with van der Waals surface area (Å²) < 4.78 is 89.6. The van der Waals surface area contributed by atoms with E-state index in [0.717, 1.165) is 0 Å². The van der Waals surface area contributed by atoms with Gasteiger partial charge < -0.3 is 0 Å². The Morgan fingerprint density at radius 2 is 1.53 bits per heavy atom. The van der Waals surface area contributed by atoms with Crippen LogP contribution in [0, 0.1) is 5.92 Å². The maximum absolute atomic E-state index is 13.2. The molecule has 1 aliphatic carbocycles. The molecule has 1 saturated carbocycles. The first-order valence-corrected chi connectivity index (χ1v) is 5.63. The highest BCUT2D eigenvalue weighted by molar-refractivity contribution is 9.09. The second-order valence-corrected chi connectivity index (χ2v) is 5.33. The van der Waals surface area contributed by atoms with Gasteiger partial charge in [0.2, 0.25) is 5.54 Å². The molecule has 100 valence electrons. The normalized spacial score (nSPS) is 40.9. The molecule has 1 heterocycles. The van der Waals surface area contributed by atoms with E-state index in [4.69, 9.17) is 0 Å². The molecule has 0 amide bonds. The van der Waals surface area contributed by atoms with Crippen molar-refractivity contribution in [2.24, 2.45) is 5.92 Å². The Kier molecular flexibility index (Phi) is 2.75. The SMILES string of the molecule is F[C@@H]1C[C@@H]2[C@H](Br)[C@@H]1NC2(C(F)(F)F)C(F)(F)F. The van der Waals surface area contributed by atoms with E-state index in [9.17, 15) is 30.7 Å². The number of fused-ring (bicyclic) bond motifs is 2. The molecule has 0 radical (unpaired) electrons.